The highest BCUT2D eigenvalue weighted by Crippen LogP contribution is 2.38. The van der Waals surface area contributed by atoms with Crippen LogP contribution in [0.5, 0.6) is 0 Å². The maximum atomic E-state index is 5.79. The van der Waals surface area contributed by atoms with Crippen LogP contribution in [0.3, 0.4) is 0 Å². The van der Waals surface area contributed by atoms with E-state index in [-0.39, 0.29) is 0 Å². The Kier molecular flexibility index (Phi) is 3.87. The minimum Gasteiger partial charge on any atom is -0.330 e. The predicted octanol–water partition coefficient (Wildman–Crippen LogP) is 2.93. The van der Waals surface area contributed by atoms with Crippen LogP contribution in [0.15, 0.2) is 0 Å². The topological polar surface area (TPSA) is 56.7 Å². The van der Waals surface area contributed by atoms with Gasteiger partial charge in [-0.3, -0.25) is 0 Å². The van der Waals surface area contributed by atoms with Crippen LogP contribution in [0.25, 0.3) is 0 Å². The molecule has 19 heavy (non-hydrogen) atoms. The van der Waals surface area contributed by atoms with Gasteiger partial charge in [-0.05, 0) is 57.9 Å². The first-order valence-electron chi connectivity index (χ1n) is 7.91. The monoisotopic (exact) mass is 262 g/mol. The number of hydrogen-bond acceptors (Lipinski definition) is 3. The van der Waals surface area contributed by atoms with Crippen LogP contribution in [0.4, 0.5) is 0 Å². The summed E-state index contributed by atoms with van der Waals surface area (Å²) in [6.07, 6.45) is 10.4. The largest absolute Gasteiger partial charge is 0.330 e. The van der Waals surface area contributed by atoms with Crippen molar-refractivity contribution >= 4 is 0 Å². The lowest BCUT2D eigenvalue weighted by Crippen LogP contribution is -2.23. The molecule has 1 aromatic heterocycles. The van der Waals surface area contributed by atoms with Crippen molar-refractivity contribution in [3.05, 3.63) is 11.6 Å². The van der Waals surface area contributed by atoms with Gasteiger partial charge in [0.15, 0.2) is 0 Å². The molecular weight excluding hydrogens is 236 g/mol. The third-order valence-electron chi connectivity index (χ3n) is 5.13. The maximum Gasteiger partial charge on any atom is 0.136 e. The zero-order chi connectivity index (χ0) is 13.2. The number of aromatic nitrogens is 3. The molecule has 0 unspecified atom stereocenters. The molecule has 0 atom stereocenters. The highest BCUT2D eigenvalue weighted by atomic mass is 15.3. The summed E-state index contributed by atoms with van der Waals surface area (Å²) in [4.78, 5) is 0. The Morgan fingerprint density at radius 2 is 1.74 bits per heavy atom. The maximum absolute atomic E-state index is 5.79. The minimum atomic E-state index is 0.615. The molecule has 0 saturated heterocycles. The van der Waals surface area contributed by atoms with Crippen molar-refractivity contribution in [2.24, 2.45) is 11.7 Å². The number of nitrogens with two attached hydrogens (primary N) is 1. The lowest BCUT2D eigenvalue weighted by Gasteiger charge is -2.28. The zero-order valence-electron chi connectivity index (χ0n) is 12.0. The van der Waals surface area contributed by atoms with Crippen LogP contribution in [-0.2, 0) is 0 Å². The number of hydrogen-bond donors (Lipinski definition) is 1. The second-order valence-electron chi connectivity index (χ2n) is 6.37. The third kappa shape index (κ3) is 2.55. The van der Waals surface area contributed by atoms with Gasteiger partial charge in [-0.2, -0.15) is 0 Å². The van der Waals surface area contributed by atoms with Crippen molar-refractivity contribution in [2.45, 2.75) is 70.3 Å². The van der Waals surface area contributed by atoms with Crippen molar-refractivity contribution in [1.29, 1.82) is 0 Å². The van der Waals surface area contributed by atoms with Crippen LogP contribution in [0, 0.1) is 12.8 Å². The van der Waals surface area contributed by atoms with E-state index in [2.05, 4.69) is 21.7 Å². The Bertz CT molecular complexity index is 412. The van der Waals surface area contributed by atoms with Crippen molar-refractivity contribution in [3.63, 3.8) is 0 Å². The highest BCUT2D eigenvalue weighted by molar-refractivity contribution is 5.05. The van der Waals surface area contributed by atoms with Gasteiger partial charge in [-0.1, -0.05) is 12.8 Å². The first-order chi connectivity index (χ1) is 9.29. The van der Waals surface area contributed by atoms with Crippen LogP contribution in [0.2, 0.25) is 0 Å². The van der Waals surface area contributed by atoms with E-state index in [1.54, 1.807) is 0 Å². The molecular formula is C15H26N4. The summed E-state index contributed by atoms with van der Waals surface area (Å²) in [7, 11) is 0. The number of rotatable bonds is 3. The molecule has 2 N–H and O–H groups in total. The minimum absolute atomic E-state index is 0.615. The van der Waals surface area contributed by atoms with Gasteiger partial charge in [0.25, 0.3) is 0 Å². The lowest BCUT2D eigenvalue weighted by molar-refractivity contribution is 0.314. The fraction of sp³-hybridized carbons (Fsp3) is 0.867. The Morgan fingerprint density at radius 3 is 2.37 bits per heavy atom. The molecule has 1 heterocycles. The van der Waals surface area contributed by atoms with Gasteiger partial charge in [0.1, 0.15) is 11.6 Å². The SMILES string of the molecule is Cc1nnc(C2CCC(CN)CC2)n1C1CCCC1. The smallest absolute Gasteiger partial charge is 0.136 e. The Hall–Kier alpha value is -0.900. The number of aryl methyl sites for hydroxylation is 1. The lowest BCUT2D eigenvalue weighted by atomic mass is 9.81. The summed E-state index contributed by atoms with van der Waals surface area (Å²) in [6, 6.07) is 0.664. The van der Waals surface area contributed by atoms with Crippen molar-refractivity contribution < 1.29 is 0 Å². The Balaban J connectivity index is 1.77. The first-order valence-corrected chi connectivity index (χ1v) is 7.91. The summed E-state index contributed by atoms with van der Waals surface area (Å²) >= 11 is 0. The van der Waals surface area contributed by atoms with E-state index >= 15 is 0 Å². The van der Waals surface area contributed by atoms with Crippen LogP contribution < -0.4 is 5.73 Å². The van der Waals surface area contributed by atoms with E-state index in [9.17, 15) is 0 Å². The molecule has 106 valence electrons. The first kappa shape index (κ1) is 13.1. The molecule has 0 aromatic carbocycles. The molecule has 4 heteroatoms. The average Bonchev–Trinajstić information content (AvgIpc) is 3.08. The second kappa shape index (κ2) is 5.61. The molecule has 4 nitrogen and oxygen atoms in total. The van der Waals surface area contributed by atoms with Crippen molar-refractivity contribution in [3.8, 4) is 0 Å². The summed E-state index contributed by atoms with van der Waals surface area (Å²) in [5.41, 5.74) is 5.79. The molecule has 0 bridgehead atoms. The van der Waals surface area contributed by atoms with Gasteiger partial charge in [0.2, 0.25) is 0 Å². The van der Waals surface area contributed by atoms with Gasteiger partial charge in [0.05, 0.1) is 0 Å². The summed E-state index contributed by atoms with van der Waals surface area (Å²) in [6.45, 7) is 2.96. The molecule has 1 aromatic rings. The molecule has 0 amide bonds. The molecule has 3 rings (SSSR count). The van der Waals surface area contributed by atoms with Crippen LogP contribution >= 0.6 is 0 Å². The van der Waals surface area contributed by atoms with E-state index < -0.39 is 0 Å². The second-order valence-corrected chi connectivity index (χ2v) is 6.37. The summed E-state index contributed by atoms with van der Waals surface area (Å²) in [5, 5.41) is 8.88. The van der Waals surface area contributed by atoms with E-state index in [1.807, 2.05) is 0 Å². The third-order valence-corrected chi connectivity index (χ3v) is 5.13. The predicted molar refractivity (Wildman–Crippen MR) is 76.0 cm³/mol. The van der Waals surface area contributed by atoms with Gasteiger partial charge in [-0.15, -0.1) is 10.2 Å². The van der Waals surface area contributed by atoms with Gasteiger partial charge < -0.3 is 10.3 Å². The fourth-order valence-corrected chi connectivity index (χ4v) is 3.93. The molecule has 2 fully saturated rings. The van der Waals surface area contributed by atoms with E-state index in [1.165, 1.54) is 57.2 Å². The van der Waals surface area contributed by atoms with Crippen LogP contribution in [-0.4, -0.2) is 21.3 Å². The zero-order valence-corrected chi connectivity index (χ0v) is 12.0. The Labute approximate surface area is 115 Å². The standard InChI is InChI=1S/C15H26N4/c1-11-17-18-15(19(11)14-4-2-3-5-14)13-8-6-12(10-16)7-9-13/h12-14H,2-10,16H2,1H3. The highest BCUT2D eigenvalue weighted by Gasteiger charge is 2.29. The molecule has 2 aliphatic carbocycles. The molecule has 0 aliphatic heterocycles. The average molecular weight is 262 g/mol. The van der Waals surface area contributed by atoms with E-state index in [0.29, 0.717) is 12.0 Å². The molecule has 0 radical (unpaired) electrons. The van der Waals surface area contributed by atoms with Gasteiger partial charge in [0, 0.05) is 12.0 Å². The summed E-state index contributed by atoms with van der Waals surface area (Å²) < 4.78 is 2.46. The molecule has 0 spiro atoms. The van der Waals surface area contributed by atoms with E-state index in [4.69, 9.17) is 5.73 Å². The molecule has 2 aliphatic rings. The van der Waals surface area contributed by atoms with Crippen LogP contribution in [0.1, 0.15) is 75.0 Å². The van der Waals surface area contributed by atoms with E-state index in [0.717, 1.165) is 18.3 Å². The van der Waals surface area contributed by atoms with Crippen molar-refractivity contribution in [2.75, 3.05) is 6.54 Å². The quantitative estimate of drug-likeness (QED) is 0.911. The fourth-order valence-electron chi connectivity index (χ4n) is 3.93. The Morgan fingerprint density at radius 1 is 1.05 bits per heavy atom. The number of nitrogens with zero attached hydrogens (tertiary/aromatic N) is 3. The van der Waals surface area contributed by atoms with Crippen molar-refractivity contribution in [1.82, 2.24) is 14.8 Å². The van der Waals surface area contributed by atoms with Gasteiger partial charge >= 0.3 is 0 Å². The normalized spacial score (nSPS) is 28.9. The molecule has 2 saturated carbocycles. The van der Waals surface area contributed by atoms with Gasteiger partial charge in [-0.25, -0.2) is 0 Å². The summed E-state index contributed by atoms with van der Waals surface area (Å²) in [5.74, 6) is 3.73.